The number of nitriles is 1. The van der Waals surface area contributed by atoms with Gasteiger partial charge in [0.15, 0.2) is 26.9 Å². The van der Waals surface area contributed by atoms with Gasteiger partial charge in [-0.05, 0) is 101 Å². The highest BCUT2D eigenvalue weighted by molar-refractivity contribution is 7.91. The third-order valence-corrected chi connectivity index (χ3v) is 15.6. The van der Waals surface area contributed by atoms with Crippen molar-refractivity contribution in [3.8, 4) is 34.4 Å². The first kappa shape index (κ1) is 47.0. The third-order valence-electron chi connectivity index (χ3n) is 11.4. The molecule has 0 spiro atoms. The fourth-order valence-corrected chi connectivity index (χ4v) is 11.1. The Labute approximate surface area is 401 Å². The first-order valence-corrected chi connectivity index (χ1v) is 24.1. The number of benzene rings is 5. The number of carboxylic acids is 1. The summed E-state index contributed by atoms with van der Waals surface area (Å²) in [5.41, 5.74) is 5.81. The van der Waals surface area contributed by atoms with E-state index in [0.717, 1.165) is 37.9 Å². The first-order chi connectivity index (χ1) is 32.1. The molecule has 5 aromatic carbocycles. The van der Waals surface area contributed by atoms with Gasteiger partial charge < -0.3 is 30.0 Å². The van der Waals surface area contributed by atoms with E-state index in [4.69, 9.17) is 42.7 Å². The van der Waals surface area contributed by atoms with E-state index >= 15 is 0 Å². The minimum Gasteiger partial charge on any atom is -0.489 e. The number of amides is 2. The molecule has 1 aromatic heterocycles. The van der Waals surface area contributed by atoms with Crippen molar-refractivity contribution in [3.05, 3.63) is 152 Å². The van der Waals surface area contributed by atoms with Gasteiger partial charge in [0.05, 0.1) is 27.4 Å². The number of nitrogens with zero attached hydrogens (tertiary/aromatic N) is 3. The molecule has 0 saturated heterocycles. The number of aliphatic carboxylic acids is 1. The van der Waals surface area contributed by atoms with Crippen LogP contribution in [-0.2, 0) is 50.4 Å². The highest BCUT2D eigenvalue weighted by Gasteiger charge is 2.43. The molecule has 67 heavy (non-hydrogen) atoms. The number of aryl methyl sites for hydroxylation is 1. The Hall–Kier alpha value is -6.48. The third kappa shape index (κ3) is 10.6. The number of sulfonamides is 1. The largest absolute Gasteiger partial charge is 0.489 e. The van der Waals surface area contributed by atoms with Crippen LogP contribution < -0.4 is 24.8 Å². The molecule has 0 radical (unpaired) electrons. The van der Waals surface area contributed by atoms with E-state index in [1.165, 1.54) is 6.92 Å². The number of rotatable bonds is 14. The molecular formula is C49H43Cl2N5O9S2. The van der Waals surface area contributed by atoms with E-state index in [-0.39, 0.29) is 53.5 Å². The van der Waals surface area contributed by atoms with Crippen LogP contribution in [0.1, 0.15) is 59.0 Å². The molecule has 8 rings (SSSR count). The Balaban J connectivity index is 1.03. The van der Waals surface area contributed by atoms with E-state index < -0.39 is 46.0 Å². The van der Waals surface area contributed by atoms with Crippen LogP contribution in [-0.4, -0.2) is 59.3 Å². The normalized spacial score (nSPS) is 16.1. The average molecular weight is 981 g/mol. The number of carboxylic acid groups (broad SMARTS) is 1. The molecule has 14 nitrogen and oxygen atoms in total. The fraction of sp³-hybridized carbons (Fsp3) is 0.245. The standard InChI is InChI=1S/C49H43Cl2N5O9S2/c1-27(2)45(57)55-49-53-28(3)48(66-49)67(61,62)56-24-36-22-43-42(64-26-44(65-43)34-13-15-37(16-14-34)63-25-31-8-17-38(50)39(51)18-31)21-35(36)20-41(56)46(58)54-40(47(59)60)19-29-4-9-32(10-5-29)33-11-6-30(23-52)7-12-33/h4-18,21-22,27,40-41,44H,19-20,24-26H2,1-3H3,(H,54,58)(H,59,60)(H,53,55,57)/t40-,41?,44+/m0/s1. The van der Waals surface area contributed by atoms with Crippen molar-refractivity contribution in [1.82, 2.24) is 14.6 Å². The van der Waals surface area contributed by atoms with Crippen LogP contribution in [0.4, 0.5) is 5.13 Å². The number of hydrogen-bond donors (Lipinski definition) is 3. The molecule has 0 saturated carbocycles. The Morgan fingerprint density at radius 2 is 1.60 bits per heavy atom. The fourth-order valence-electron chi connectivity index (χ4n) is 7.65. The summed E-state index contributed by atoms with van der Waals surface area (Å²) in [6.45, 7) is 5.06. The number of thiazole rings is 1. The molecule has 344 valence electrons. The number of anilines is 1. The summed E-state index contributed by atoms with van der Waals surface area (Å²) in [6, 6.07) is 29.6. The molecule has 18 heteroatoms. The van der Waals surface area contributed by atoms with Gasteiger partial charge in [0.1, 0.15) is 31.0 Å². The molecule has 0 fully saturated rings. The van der Waals surface area contributed by atoms with Crippen LogP contribution in [0.5, 0.6) is 17.2 Å². The molecule has 0 bridgehead atoms. The van der Waals surface area contributed by atoms with Gasteiger partial charge in [-0.15, -0.1) is 0 Å². The Kier molecular flexibility index (Phi) is 13.9. The zero-order valence-corrected chi connectivity index (χ0v) is 39.4. The van der Waals surface area contributed by atoms with Crippen molar-refractivity contribution in [2.45, 2.75) is 69.2 Å². The van der Waals surface area contributed by atoms with Crippen molar-refractivity contribution < 1.29 is 42.1 Å². The predicted octanol–water partition coefficient (Wildman–Crippen LogP) is 8.91. The monoisotopic (exact) mass is 979 g/mol. The maximum Gasteiger partial charge on any atom is 0.326 e. The van der Waals surface area contributed by atoms with Gasteiger partial charge in [-0.25, -0.2) is 18.2 Å². The van der Waals surface area contributed by atoms with Gasteiger partial charge in [-0.2, -0.15) is 9.57 Å². The SMILES string of the molecule is Cc1nc(NC(=O)C(C)C)sc1S(=O)(=O)N1Cc2cc3c(cc2CC1C(=O)N[C@@H](Cc1ccc(-c2ccc(C#N)cc2)cc1)C(=O)O)OC[C@H](c1ccc(OCc2ccc(Cl)c(Cl)c2)cc1)O3. The van der Waals surface area contributed by atoms with Gasteiger partial charge in [0, 0.05) is 18.9 Å². The molecule has 3 N–H and O–H groups in total. The lowest BCUT2D eigenvalue weighted by atomic mass is 9.94. The molecular weight excluding hydrogens is 938 g/mol. The van der Waals surface area contributed by atoms with Crippen LogP contribution in [0.2, 0.25) is 10.0 Å². The van der Waals surface area contributed by atoms with E-state index in [1.807, 2.05) is 54.6 Å². The smallest absolute Gasteiger partial charge is 0.326 e. The number of hydrogen-bond acceptors (Lipinski definition) is 11. The van der Waals surface area contributed by atoms with Crippen molar-refractivity contribution in [2.75, 3.05) is 11.9 Å². The van der Waals surface area contributed by atoms with Crippen molar-refractivity contribution >= 4 is 67.5 Å². The quantitative estimate of drug-likeness (QED) is 0.0943. The molecule has 6 aromatic rings. The number of carbonyl (C=O) groups is 3. The molecule has 1 unspecified atom stereocenters. The minimum atomic E-state index is -4.51. The van der Waals surface area contributed by atoms with Crippen LogP contribution in [0, 0.1) is 24.2 Å². The van der Waals surface area contributed by atoms with E-state index in [1.54, 1.807) is 62.4 Å². The van der Waals surface area contributed by atoms with E-state index in [9.17, 15) is 27.9 Å². The molecule has 2 aliphatic heterocycles. The molecule has 2 aliphatic rings. The summed E-state index contributed by atoms with van der Waals surface area (Å²) in [7, 11) is -4.51. The van der Waals surface area contributed by atoms with Crippen LogP contribution >= 0.6 is 34.5 Å². The average Bonchev–Trinajstić information content (AvgIpc) is 3.70. The Bertz CT molecular complexity index is 3010. The zero-order chi connectivity index (χ0) is 47.6. The topological polar surface area (TPSA) is 197 Å². The van der Waals surface area contributed by atoms with E-state index in [0.29, 0.717) is 49.5 Å². The summed E-state index contributed by atoms with van der Waals surface area (Å²) in [5, 5.41) is 25.8. The summed E-state index contributed by atoms with van der Waals surface area (Å²) in [4.78, 5) is 44.0. The highest BCUT2D eigenvalue weighted by Crippen LogP contribution is 2.43. The number of aromatic nitrogens is 1. The van der Waals surface area contributed by atoms with Crippen LogP contribution in [0.25, 0.3) is 11.1 Å². The van der Waals surface area contributed by atoms with Crippen molar-refractivity contribution in [1.29, 1.82) is 5.26 Å². The Morgan fingerprint density at radius 1 is 0.925 bits per heavy atom. The number of fused-ring (bicyclic) bond motifs is 2. The molecule has 0 aliphatic carbocycles. The molecule has 3 heterocycles. The van der Waals surface area contributed by atoms with Gasteiger partial charge >= 0.3 is 5.97 Å². The lowest BCUT2D eigenvalue weighted by Gasteiger charge is -2.36. The Morgan fingerprint density at radius 3 is 2.25 bits per heavy atom. The maximum atomic E-state index is 14.8. The number of halogens is 2. The lowest BCUT2D eigenvalue weighted by Crippen LogP contribution is -2.55. The lowest BCUT2D eigenvalue weighted by molar-refractivity contribution is -0.142. The van der Waals surface area contributed by atoms with Gasteiger partial charge in [-0.1, -0.05) is 103 Å². The number of nitrogens with one attached hydrogen (secondary N) is 2. The summed E-state index contributed by atoms with van der Waals surface area (Å²) < 4.78 is 49.0. The van der Waals surface area contributed by atoms with Crippen LogP contribution in [0.15, 0.2) is 107 Å². The summed E-state index contributed by atoms with van der Waals surface area (Å²) in [5.74, 6) is -1.46. The van der Waals surface area contributed by atoms with Gasteiger partial charge in [0.2, 0.25) is 11.8 Å². The second-order valence-electron chi connectivity index (χ2n) is 16.4. The van der Waals surface area contributed by atoms with Crippen molar-refractivity contribution in [3.63, 3.8) is 0 Å². The first-order valence-electron chi connectivity index (χ1n) is 21.1. The number of carbonyl (C=O) groups excluding carboxylic acids is 2. The molecule has 3 atom stereocenters. The van der Waals surface area contributed by atoms with E-state index in [2.05, 4.69) is 21.7 Å². The zero-order valence-electron chi connectivity index (χ0n) is 36.3. The van der Waals surface area contributed by atoms with Crippen LogP contribution in [0.3, 0.4) is 0 Å². The number of ether oxygens (including phenoxy) is 3. The van der Waals surface area contributed by atoms with Gasteiger partial charge in [-0.3, -0.25) is 9.59 Å². The van der Waals surface area contributed by atoms with Crippen molar-refractivity contribution in [2.24, 2.45) is 5.92 Å². The maximum absolute atomic E-state index is 14.8. The second-order valence-corrected chi connectivity index (χ2v) is 20.3. The summed E-state index contributed by atoms with van der Waals surface area (Å²) >= 11 is 13.0. The van der Waals surface area contributed by atoms with Gasteiger partial charge in [0.25, 0.3) is 10.0 Å². The summed E-state index contributed by atoms with van der Waals surface area (Å²) in [6.07, 6.45) is -0.729. The molecule has 2 amide bonds. The second kappa shape index (κ2) is 19.8. The predicted molar refractivity (Wildman–Crippen MR) is 253 cm³/mol. The minimum absolute atomic E-state index is 0.0843. The highest BCUT2D eigenvalue weighted by atomic mass is 35.5.